The Bertz CT molecular complexity index is 1230. The quantitative estimate of drug-likeness (QED) is 0.140. The molecular weight excluding hydrogens is 520 g/mol. The number of hydrogen-bond donors (Lipinski definition) is 7. The lowest BCUT2D eigenvalue weighted by Gasteiger charge is -2.25. The number of carboxylic acids is 1. The summed E-state index contributed by atoms with van der Waals surface area (Å²) in [5.41, 5.74) is 7.86. The van der Waals surface area contributed by atoms with E-state index < -0.39 is 47.9 Å². The average molecular weight is 553 g/mol. The van der Waals surface area contributed by atoms with Gasteiger partial charge in [0.05, 0.1) is 12.4 Å². The third kappa shape index (κ3) is 9.27. The van der Waals surface area contributed by atoms with Crippen LogP contribution in [0.5, 0.6) is 0 Å². The molecule has 2 aromatic carbocycles. The number of rotatable bonds is 14. The van der Waals surface area contributed by atoms with E-state index in [1.165, 1.54) is 12.5 Å². The zero-order valence-electron chi connectivity index (χ0n) is 21.1. The van der Waals surface area contributed by atoms with Crippen LogP contribution in [0.15, 0.2) is 73.2 Å². The van der Waals surface area contributed by atoms with Crippen molar-refractivity contribution < 1.29 is 24.3 Å². The molecule has 7 N–H and O–H groups in total. The summed E-state index contributed by atoms with van der Waals surface area (Å²) in [5.74, 6) is -3.02. The molecule has 39 heavy (non-hydrogen) atoms. The number of carbonyl (C=O) groups is 4. The van der Waals surface area contributed by atoms with Crippen molar-refractivity contribution in [3.63, 3.8) is 0 Å². The van der Waals surface area contributed by atoms with Crippen molar-refractivity contribution in [1.82, 2.24) is 25.9 Å². The summed E-state index contributed by atoms with van der Waals surface area (Å²) in [5, 5.41) is 17.6. The van der Waals surface area contributed by atoms with E-state index in [-0.39, 0.29) is 25.0 Å². The van der Waals surface area contributed by atoms with Crippen molar-refractivity contribution in [3.05, 3.63) is 90.0 Å². The second-order valence-electron chi connectivity index (χ2n) is 8.97. The van der Waals surface area contributed by atoms with Gasteiger partial charge in [-0.1, -0.05) is 60.7 Å². The summed E-state index contributed by atoms with van der Waals surface area (Å²) in [7, 11) is 0. The predicted octanol–water partition coefficient (Wildman–Crippen LogP) is 0.234. The van der Waals surface area contributed by atoms with Gasteiger partial charge in [0.1, 0.15) is 18.1 Å². The second kappa shape index (κ2) is 14.7. The molecular formula is C27H32N6O5S. The van der Waals surface area contributed by atoms with Gasteiger partial charge in [-0.2, -0.15) is 12.6 Å². The molecule has 4 unspecified atom stereocenters. The Kier molecular flexibility index (Phi) is 11.1. The lowest BCUT2D eigenvalue weighted by Crippen LogP contribution is -2.58. The Balaban J connectivity index is 1.82. The number of nitrogens with two attached hydrogens (primary N) is 1. The second-order valence-corrected chi connectivity index (χ2v) is 9.34. The molecule has 1 aromatic heterocycles. The van der Waals surface area contributed by atoms with Crippen molar-refractivity contribution in [1.29, 1.82) is 0 Å². The minimum atomic E-state index is -1.26. The van der Waals surface area contributed by atoms with Crippen LogP contribution in [0, 0.1) is 0 Å². The molecule has 1 heterocycles. The van der Waals surface area contributed by atoms with Gasteiger partial charge in [0, 0.05) is 36.9 Å². The molecule has 0 aliphatic rings. The van der Waals surface area contributed by atoms with Gasteiger partial charge < -0.3 is 31.8 Å². The van der Waals surface area contributed by atoms with Crippen molar-refractivity contribution >= 4 is 36.3 Å². The van der Waals surface area contributed by atoms with Gasteiger partial charge in [-0.15, -0.1) is 0 Å². The highest BCUT2D eigenvalue weighted by Crippen LogP contribution is 2.08. The number of aromatic nitrogens is 2. The van der Waals surface area contributed by atoms with Gasteiger partial charge in [-0.05, 0) is 11.1 Å². The lowest BCUT2D eigenvalue weighted by atomic mass is 10.0. The van der Waals surface area contributed by atoms with Crippen molar-refractivity contribution in [2.75, 3.05) is 5.75 Å². The van der Waals surface area contributed by atoms with Crippen LogP contribution in [0.4, 0.5) is 0 Å². The standard InChI is InChI=1S/C27H32N6O5S/c28-20(15-39)24(34)31-21(11-17-7-3-1-4-8-17)25(35)32-22(12-18-9-5-2-6-10-18)26(36)33-23(27(37)38)13-19-14-29-16-30-19/h1-10,14,16,20-23,39H,11-13,15,28H2,(H,29,30)(H,31,34)(H,32,35)(H,33,36)(H,37,38). The highest BCUT2D eigenvalue weighted by Gasteiger charge is 2.31. The average Bonchev–Trinajstić information content (AvgIpc) is 3.45. The van der Waals surface area contributed by atoms with Crippen molar-refractivity contribution in [2.45, 2.75) is 43.4 Å². The van der Waals surface area contributed by atoms with E-state index in [2.05, 4.69) is 38.5 Å². The van der Waals surface area contributed by atoms with Gasteiger partial charge in [-0.3, -0.25) is 14.4 Å². The van der Waals surface area contributed by atoms with E-state index in [1.54, 1.807) is 24.3 Å². The van der Waals surface area contributed by atoms with Crippen LogP contribution in [0.2, 0.25) is 0 Å². The van der Waals surface area contributed by atoms with E-state index in [0.29, 0.717) is 5.69 Å². The fourth-order valence-corrected chi connectivity index (χ4v) is 4.01. The molecule has 3 aromatic rings. The Morgan fingerprint density at radius 3 is 1.72 bits per heavy atom. The maximum Gasteiger partial charge on any atom is 0.326 e. The monoisotopic (exact) mass is 552 g/mol. The number of nitrogens with one attached hydrogen (secondary N) is 4. The maximum absolute atomic E-state index is 13.5. The van der Waals surface area contributed by atoms with E-state index in [4.69, 9.17) is 5.73 Å². The van der Waals surface area contributed by atoms with Crippen molar-refractivity contribution in [3.8, 4) is 0 Å². The first-order valence-electron chi connectivity index (χ1n) is 12.3. The highest BCUT2D eigenvalue weighted by atomic mass is 32.1. The molecule has 4 atom stereocenters. The van der Waals surface area contributed by atoms with E-state index in [0.717, 1.165) is 11.1 Å². The van der Waals surface area contributed by atoms with E-state index in [1.807, 2.05) is 36.4 Å². The maximum atomic E-state index is 13.5. The van der Waals surface area contributed by atoms with Gasteiger partial charge in [0.2, 0.25) is 17.7 Å². The summed E-state index contributed by atoms with van der Waals surface area (Å²) in [6.07, 6.45) is 3.10. The smallest absolute Gasteiger partial charge is 0.326 e. The summed E-state index contributed by atoms with van der Waals surface area (Å²) in [6, 6.07) is 13.7. The molecule has 0 radical (unpaired) electrons. The molecule has 3 rings (SSSR count). The van der Waals surface area contributed by atoms with Crippen LogP contribution < -0.4 is 21.7 Å². The van der Waals surface area contributed by atoms with Gasteiger partial charge in [-0.25, -0.2) is 9.78 Å². The summed E-state index contributed by atoms with van der Waals surface area (Å²) in [6.45, 7) is 0. The number of benzene rings is 2. The molecule has 0 saturated carbocycles. The lowest BCUT2D eigenvalue weighted by molar-refractivity contribution is -0.142. The van der Waals surface area contributed by atoms with E-state index in [9.17, 15) is 24.3 Å². The molecule has 0 aliphatic heterocycles. The van der Waals surface area contributed by atoms with Crippen LogP contribution in [-0.2, 0) is 38.4 Å². The molecule has 3 amide bonds. The first-order chi connectivity index (χ1) is 18.8. The first-order valence-corrected chi connectivity index (χ1v) is 13.0. The fraction of sp³-hybridized carbons (Fsp3) is 0.296. The fourth-order valence-electron chi connectivity index (χ4n) is 3.84. The molecule has 11 nitrogen and oxygen atoms in total. The number of carbonyl (C=O) groups excluding carboxylic acids is 3. The number of amides is 3. The van der Waals surface area contributed by atoms with E-state index >= 15 is 0 Å². The largest absolute Gasteiger partial charge is 0.480 e. The van der Waals surface area contributed by atoms with Crippen LogP contribution in [-0.4, -0.2) is 68.7 Å². The van der Waals surface area contributed by atoms with Gasteiger partial charge in [0.15, 0.2) is 0 Å². The molecule has 0 aliphatic carbocycles. The third-order valence-electron chi connectivity index (χ3n) is 5.96. The minimum Gasteiger partial charge on any atom is -0.480 e. The third-order valence-corrected chi connectivity index (χ3v) is 6.35. The Morgan fingerprint density at radius 1 is 0.795 bits per heavy atom. The number of hydrogen-bond acceptors (Lipinski definition) is 7. The molecule has 0 saturated heterocycles. The Morgan fingerprint density at radius 2 is 1.28 bits per heavy atom. The Labute approximate surface area is 231 Å². The molecule has 0 spiro atoms. The molecule has 12 heteroatoms. The van der Waals surface area contributed by atoms with Crippen LogP contribution in [0.25, 0.3) is 0 Å². The first kappa shape index (κ1) is 29.4. The predicted molar refractivity (Wildman–Crippen MR) is 148 cm³/mol. The molecule has 206 valence electrons. The highest BCUT2D eigenvalue weighted by molar-refractivity contribution is 7.80. The number of thiol groups is 1. The number of H-pyrrole nitrogens is 1. The SMILES string of the molecule is NC(CS)C(=O)NC(Cc1ccccc1)C(=O)NC(Cc1ccccc1)C(=O)NC(Cc1cnc[nH]1)C(=O)O. The molecule has 0 bridgehead atoms. The normalized spacial score (nSPS) is 13.9. The number of aromatic amines is 1. The summed E-state index contributed by atoms with van der Waals surface area (Å²) in [4.78, 5) is 58.0. The van der Waals surface area contributed by atoms with Crippen LogP contribution in [0.3, 0.4) is 0 Å². The summed E-state index contributed by atoms with van der Waals surface area (Å²) < 4.78 is 0. The molecule has 0 fully saturated rings. The van der Waals surface area contributed by atoms with Gasteiger partial charge >= 0.3 is 5.97 Å². The van der Waals surface area contributed by atoms with Crippen molar-refractivity contribution in [2.24, 2.45) is 5.73 Å². The minimum absolute atomic E-state index is 0.0264. The number of aliphatic carboxylic acids is 1. The number of imidazole rings is 1. The Hall–Kier alpha value is -4.16. The number of nitrogens with zero attached hydrogens (tertiary/aromatic N) is 1. The van der Waals surface area contributed by atoms with Gasteiger partial charge in [0.25, 0.3) is 0 Å². The zero-order valence-corrected chi connectivity index (χ0v) is 22.0. The summed E-state index contributed by atoms with van der Waals surface area (Å²) >= 11 is 4.05. The van der Waals surface area contributed by atoms with Crippen LogP contribution >= 0.6 is 12.6 Å². The zero-order chi connectivity index (χ0) is 28.2. The number of carboxylic acid groups (broad SMARTS) is 1. The topological polar surface area (TPSA) is 179 Å². The van der Waals surface area contributed by atoms with Crippen LogP contribution in [0.1, 0.15) is 16.8 Å².